The molecule has 0 bridgehead atoms. The minimum absolute atomic E-state index is 0.267. The highest BCUT2D eigenvalue weighted by Gasteiger charge is 2.18. The number of benzene rings is 1. The largest absolute Gasteiger partial charge is 0.449 e. The summed E-state index contributed by atoms with van der Waals surface area (Å²) in [6.07, 6.45) is -0.598. The van der Waals surface area contributed by atoms with Crippen LogP contribution < -0.4 is 5.84 Å². The Labute approximate surface area is 93.8 Å². The van der Waals surface area contributed by atoms with Crippen molar-refractivity contribution in [2.24, 2.45) is 5.84 Å². The number of hydrazine groups is 1. The van der Waals surface area contributed by atoms with Crippen LogP contribution in [-0.4, -0.2) is 17.7 Å². The van der Waals surface area contributed by atoms with Crippen LogP contribution >= 0.6 is 0 Å². The van der Waals surface area contributed by atoms with Gasteiger partial charge in [0.1, 0.15) is 5.82 Å². The summed E-state index contributed by atoms with van der Waals surface area (Å²) < 4.78 is 17.5. The molecule has 1 aromatic rings. The number of carbonyl (C=O) groups excluding carboxylic acids is 1. The highest BCUT2D eigenvalue weighted by atomic mass is 19.1. The number of rotatable bonds is 3. The van der Waals surface area contributed by atoms with Crippen molar-refractivity contribution in [2.45, 2.75) is 19.9 Å². The van der Waals surface area contributed by atoms with Crippen LogP contribution in [0, 0.1) is 5.82 Å². The second kappa shape index (κ2) is 5.46. The molecule has 0 heterocycles. The maximum Gasteiger partial charge on any atom is 0.424 e. The SMILES string of the molecule is CCOC(=O)N(N)C(C)c1ccc(F)cc1. The van der Waals surface area contributed by atoms with E-state index in [2.05, 4.69) is 0 Å². The van der Waals surface area contributed by atoms with Gasteiger partial charge in [-0.2, -0.15) is 0 Å². The van der Waals surface area contributed by atoms with E-state index in [-0.39, 0.29) is 18.5 Å². The first-order chi connectivity index (χ1) is 7.56. The van der Waals surface area contributed by atoms with Gasteiger partial charge in [0.15, 0.2) is 0 Å². The number of nitrogens with two attached hydrogens (primary N) is 1. The highest BCUT2D eigenvalue weighted by Crippen LogP contribution is 2.18. The van der Waals surface area contributed by atoms with Crippen LogP contribution in [0.2, 0.25) is 0 Å². The van der Waals surface area contributed by atoms with Crippen molar-refractivity contribution in [3.05, 3.63) is 35.6 Å². The fourth-order valence-electron chi connectivity index (χ4n) is 1.26. The molecule has 16 heavy (non-hydrogen) atoms. The molecule has 0 aliphatic carbocycles. The van der Waals surface area contributed by atoms with Gasteiger partial charge in [-0.1, -0.05) is 12.1 Å². The molecular weight excluding hydrogens is 211 g/mol. The van der Waals surface area contributed by atoms with Crippen molar-refractivity contribution < 1.29 is 13.9 Å². The van der Waals surface area contributed by atoms with Gasteiger partial charge in [0, 0.05) is 0 Å². The second-order valence-electron chi connectivity index (χ2n) is 3.33. The van der Waals surface area contributed by atoms with Gasteiger partial charge in [-0.15, -0.1) is 0 Å². The predicted octanol–water partition coefficient (Wildman–Crippen LogP) is 2.22. The third-order valence-electron chi connectivity index (χ3n) is 2.25. The van der Waals surface area contributed by atoms with Crippen LogP contribution in [-0.2, 0) is 4.74 Å². The zero-order valence-corrected chi connectivity index (χ0v) is 9.31. The summed E-state index contributed by atoms with van der Waals surface area (Å²) in [4.78, 5) is 11.3. The van der Waals surface area contributed by atoms with Gasteiger partial charge in [-0.25, -0.2) is 20.0 Å². The van der Waals surface area contributed by atoms with E-state index in [0.717, 1.165) is 10.6 Å². The molecule has 0 saturated heterocycles. The second-order valence-corrected chi connectivity index (χ2v) is 3.33. The number of ether oxygens (including phenoxy) is 1. The predicted molar refractivity (Wildman–Crippen MR) is 57.9 cm³/mol. The van der Waals surface area contributed by atoms with Crippen molar-refractivity contribution in [3.63, 3.8) is 0 Å². The molecule has 0 aliphatic heterocycles. The molecule has 5 heteroatoms. The van der Waals surface area contributed by atoms with Gasteiger partial charge in [-0.05, 0) is 31.5 Å². The average molecular weight is 226 g/mol. The fraction of sp³-hybridized carbons (Fsp3) is 0.364. The zero-order chi connectivity index (χ0) is 12.1. The van der Waals surface area contributed by atoms with Gasteiger partial charge in [0.25, 0.3) is 0 Å². The van der Waals surface area contributed by atoms with E-state index in [1.54, 1.807) is 26.0 Å². The monoisotopic (exact) mass is 226 g/mol. The number of hydrogen-bond acceptors (Lipinski definition) is 3. The quantitative estimate of drug-likeness (QED) is 0.488. The normalized spacial score (nSPS) is 12.0. The Morgan fingerprint density at radius 1 is 1.50 bits per heavy atom. The number of hydrogen-bond donors (Lipinski definition) is 1. The van der Waals surface area contributed by atoms with Crippen molar-refractivity contribution >= 4 is 6.09 Å². The fourth-order valence-corrected chi connectivity index (χ4v) is 1.26. The van der Waals surface area contributed by atoms with Crippen LogP contribution in [0.3, 0.4) is 0 Å². The van der Waals surface area contributed by atoms with Crippen LogP contribution in [0.1, 0.15) is 25.5 Å². The minimum Gasteiger partial charge on any atom is -0.449 e. The third-order valence-corrected chi connectivity index (χ3v) is 2.25. The van der Waals surface area contributed by atoms with E-state index in [9.17, 15) is 9.18 Å². The summed E-state index contributed by atoms with van der Waals surface area (Å²) in [5.74, 6) is 5.26. The van der Waals surface area contributed by atoms with Gasteiger partial charge in [-0.3, -0.25) is 0 Å². The van der Waals surface area contributed by atoms with Crippen molar-refractivity contribution in [1.29, 1.82) is 0 Å². The minimum atomic E-state index is -0.598. The number of nitrogens with zero attached hydrogens (tertiary/aromatic N) is 1. The molecule has 0 aromatic heterocycles. The first kappa shape index (κ1) is 12.4. The summed E-state index contributed by atoms with van der Waals surface area (Å²) >= 11 is 0. The molecule has 1 atom stereocenters. The topological polar surface area (TPSA) is 55.6 Å². The molecule has 1 rings (SSSR count). The average Bonchev–Trinajstić information content (AvgIpc) is 2.28. The van der Waals surface area contributed by atoms with Crippen LogP contribution in [0.5, 0.6) is 0 Å². The van der Waals surface area contributed by atoms with Crippen molar-refractivity contribution in [3.8, 4) is 0 Å². The third kappa shape index (κ3) is 2.93. The van der Waals surface area contributed by atoms with Crippen molar-refractivity contribution in [2.75, 3.05) is 6.61 Å². The van der Waals surface area contributed by atoms with Crippen LogP contribution in [0.15, 0.2) is 24.3 Å². The zero-order valence-electron chi connectivity index (χ0n) is 9.31. The first-order valence-electron chi connectivity index (χ1n) is 5.02. The lowest BCUT2D eigenvalue weighted by molar-refractivity contribution is 0.0931. The number of amides is 1. The van der Waals surface area contributed by atoms with E-state index in [4.69, 9.17) is 10.6 Å². The van der Waals surface area contributed by atoms with Gasteiger partial charge in [0.2, 0.25) is 0 Å². The standard InChI is InChI=1S/C11H15FN2O2/c1-3-16-11(15)14(13)8(2)9-4-6-10(12)7-5-9/h4-8H,3,13H2,1-2H3. The lowest BCUT2D eigenvalue weighted by Gasteiger charge is -2.23. The summed E-state index contributed by atoms with van der Waals surface area (Å²) in [6, 6.07) is 5.45. The molecule has 2 N–H and O–H groups in total. The number of halogens is 1. The van der Waals surface area contributed by atoms with Crippen LogP contribution in [0.4, 0.5) is 9.18 Å². The molecule has 0 saturated carbocycles. The Balaban J connectivity index is 2.73. The summed E-state index contributed by atoms with van der Waals surface area (Å²) in [6.45, 7) is 3.71. The molecule has 0 fully saturated rings. The maximum atomic E-state index is 12.7. The van der Waals surface area contributed by atoms with E-state index in [1.165, 1.54) is 12.1 Å². The molecule has 4 nitrogen and oxygen atoms in total. The lowest BCUT2D eigenvalue weighted by Crippen LogP contribution is -2.39. The van der Waals surface area contributed by atoms with Crippen molar-refractivity contribution in [1.82, 2.24) is 5.01 Å². The molecule has 1 aromatic carbocycles. The molecular formula is C11H15FN2O2. The lowest BCUT2D eigenvalue weighted by atomic mass is 10.1. The smallest absolute Gasteiger partial charge is 0.424 e. The van der Waals surface area contributed by atoms with E-state index >= 15 is 0 Å². The molecule has 88 valence electrons. The highest BCUT2D eigenvalue weighted by molar-refractivity contribution is 5.67. The molecule has 0 aliphatic rings. The molecule has 0 radical (unpaired) electrons. The van der Waals surface area contributed by atoms with Crippen LogP contribution in [0.25, 0.3) is 0 Å². The van der Waals surface area contributed by atoms with E-state index in [0.29, 0.717) is 0 Å². The Bertz CT molecular complexity index is 354. The molecule has 1 unspecified atom stereocenters. The Kier molecular flexibility index (Phi) is 4.25. The Hall–Kier alpha value is -1.62. The van der Waals surface area contributed by atoms with Gasteiger partial charge < -0.3 is 4.74 Å². The molecule has 1 amide bonds. The summed E-state index contributed by atoms with van der Waals surface area (Å²) in [5.41, 5.74) is 0.747. The van der Waals surface area contributed by atoms with Gasteiger partial charge in [0.05, 0.1) is 12.6 Å². The summed E-state index contributed by atoms with van der Waals surface area (Å²) in [7, 11) is 0. The Morgan fingerprint density at radius 3 is 2.56 bits per heavy atom. The first-order valence-corrected chi connectivity index (χ1v) is 5.02. The summed E-state index contributed by atoms with van der Waals surface area (Å²) in [5, 5.41) is 0.983. The van der Waals surface area contributed by atoms with E-state index < -0.39 is 6.09 Å². The van der Waals surface area contributed by atoms with Gasteiger partial charge >= 0.3 is 6.09 Å². The Morgan fingerprint density at radius 2 is 2.06 bits per heavy atom. The van der Waals surface area contributed by atoms with E-state index in [1.807, 2.05) is 0 Å². The maximum absolute atomic E-state index is 12.7. The molecule has 0 spiro atoms. The number of carbonyl (C=O) groups is 1.